The van der Waals surface area contributed by atoms with Crippen LogP contribution in [0.2, 0.25) is 0 Å². The molecule has 26 heavy (non-hydrogen) atoms. The van der Waals surface area contributed by atoms with Gasteiger partial charge in [0.15, 0.2) is 10.6 Å². The number of hydrogen-bond acceptors (Lipinski definition) is 5. The van der Waals surface area contributed by atoms with Gasteiger partial charge in [0.1, 0.15) is 6.54 Å². The van der Waals surface area contributed by atoms with Gasteiger partial charge in [-0.25, -0.2) is 0 Å². The second-order valence-corrected chi connectivity index (χ2v) is 7.02. The minimum Gasteiger partial charge on any atom is -0.372 e. The molecule has 0 fully saturated rings. The molecule has 0 atom stereocenters. The largest absolute Gasteiger partial charge is 0.372 e. The fraction of sp³-hybridized carbons (Fsp3) is 0.278. The molecule has 6 nitrogen and oxygen atoms in total. The lowest BCUT2D eigenvalue weighted by Gasteiger charge is -2.21. The number of carbonyl (C=O) groups is 1. The molecule has 2 N–H and O–H groups in total. The number of nitrogens with zero attached hydrogens (tertiary/aromatic N) is 3. The fourth-order valence-corrected chi connectivity index (χ4v) is 3.67. The van der Waals surface area contributed by atoms with Crippen molar-refractivity contribution in [2.24, 2.45) is 0 Å². The second kappa shape index (κ2) is 8.29. The normalized spacial score (nSPS) is 10.7. The van der Waals surface area contributed by atoms with Gasteiger partial charge in [0.05, 0.1) is 4.88 Å². The zero-order valence-electron chi connectivity index (χ0n) is 14.7. The van der Waals surface area contributed by atoms with Gasteiger partial charge in [-0.1, -0.05) is 6.07 Å². The average molecular weight is 388 g/mol. The van der Waals surface area contributed by atoms with Crippen LogP contribution in [-0.4, -0.2) is 33.8 Å². The van der Waals surface area contributed by atoms with E-state index in [1.807, 2.05) is 41.8 Å². The molecule has 0 aliphatic heterocycles. The summed E-state index contributed by atoms with van der Waals surface area (Å²) in [7, 11) is 0. The predicted molar refractivity (Wildman–Crippen MR) is 109 cm³/mol. The molecule has 0 aliphatic rings. The first-order valence-electron chi connectivity index (χ1n) is 8.46. The van der Waals surface area contributed by atoms with Crippen LogP contribution in [0.15, 0.2) is 41.8 Å². The highest BCUT2D eigenvalue weighted by molar-refractivity contribution is 7.71. The van der Waals surface area contributed by atoms with E-state index in [-0.39, 0.29) is 12.5 Å². The molecule has 0 unspecified atom stereocenters. The Hall–Kier alpha value is -2.45. The Balaban J connectivity index is 1.70. The van der Waals surface area contributed by atoms with Crippen LogP contribution in [0, 0.1) is 4.77 Å². The maximum absolute atomic E-state index is 12.5. The van der Waals surface area contributed by atoms with Crippen molar-refractivity contribution in [3.8, 4) is 10.7 Å². The van der Waals surface area contributed by atoms with Crippen LogP contribution in [0.25, 0.3) is 10.7 Å². The molecule has 0 saturated carbocycles. The summed E-state index contributed by atoms with van der Waals surface area (Å²) in [5, 5.41) is 11.9. The van der Waals surface area contributed by atoms with E-state index in [2.05, 4.69) is 34.3 Å². The van der Waals surface area contributed by atoms with E-state index in [1.54, 1.807) is 15.9 Å². The number of aromatic amines is 1. The van der Waals surface area contributed by atoms with Crippen LogP contribution >= 0.6 is 23.6 Å². The lowest BCUT2D eigenvalue weighted by Crippen LogP contribution is -2.22. The van der Waals surface area contributed by atoms with E-state index < -0.39 is 0 Å². The van der Waals surface area contributed by atoms with Crippen LogP contribution in [0.1, 0.15) is 13.8 Å². The molecule has 1 aromatic carbocycles. The van der Waals surface area contributed by atoms with Crippen LogP contribution in [0.5, 0.6) is 0 Å². The number of rotatable bonds is 7. The summed E-state index contributed by atoms with van der Waals surface area (Å²) in [6, 6.07) is 11.8. The smallest absolute Gasteiger partial charge is 0.244 e. The lowest BCUT2D eigenvalue weighted by atomic mass is 10.2. The number of thiophene rings is 1. The molecular formula is C18H21N5OS2. The summed E-state index contributed by atoms with van der Waals surface area (Å²) < 4.78 is 2.14. The first-order chi connectivity index (χ1) is 12.6. The number of benzene rings is 1. The predicted octanol–water partition coefficient (Wildman–Crippen LogP) is 4.15. The molecule has 0 spiro atoms. The molecule has 1 amide bonds. The van der Waals surface area contributed by atoms with Crippen LogP contribution in [-0.2, 0) is 11.3 Å². The van der Waals surface area contributed by atoms with Gasteiger partial charge in [-0.15, -0.1) is 11.3 Å². The third kappa shape index (κ3) is 4.03. The number of H-pyrrole nitrogens is 1. The fourth-order valence-electron chi connectivity index (χ4n) is 2.75. The third-order valence-corrected chi connectivity index (χ3v) is 5.26. The number of amides is 1. The minimum atomic E-state index is -0.143. The van der Waals surface area contributed by atoms with Gasteiger partial charge in [0.2, 0.25) is 5.91 Å². The van der Waals surface area contributed by atoms with Crippen LogP contribution in [0.4, 0.5) is 11.4 Å². The molecule has 3 rings (SSSR count). The summed E-state index contributed by atoms with van der Waals surface area (Å²) >= 11 is 6.82. The van der Waals surface area contributed by atoms with E-state index in [1.165, 1.54) is 0 Å². The first kappa shape index (κ1) is 18.3. The van der Waals surface area contributed by atoms with Crippen molar-refractivity contribution in [1.82, 2.24) is 14.8 Å². The Bertz CT molecular complexity index is 908. The first-order valence-corrected chi connectivity index (χ1v) is 9.75. The lowest BCUT2D eigenvalue weighted by molar-refractivity contribution is -0.116. The number of aromatic nitrogens is 3. The zero-order chi connectivity index (χ0) is 18.5. The minimum absolute atomic E-state index is 0.111. The topological polar surface area (TPSA) is 66.0 Å². The van der Waals surface area contributed by atoms with Crippen LogP contribution < -0.4 is 10.2 Å². The summed E-state index contributed by atoms with van der Waals surface area (Å²) in [5.41, 5.74) is 1.91. The highest BCUT2D eigenvalue weighted by Gasteiger charge is 2.13. The Morgan fingerprint density at radius 3 is 2.62 bits per heavy atom. The van der Waals surface area contributed by atoms with Crippen molar-refractivity contribution in [1.29, 1.82) is 0 Å². The van der Waals surface area contributed by atoms with E-state index >= 15 is 0 Å². The van der Waals surface area contributed by atoms with Crippen molar-refractivity contribution < 1.29 is 4.79 Å². The van der Waals surface area contributed by atoms with Gasteiger partial charge >= 0.3 is 0 Å². The highest BCUT2D eigenvalue weighted by atomic mass is 32.1. The van der Waals surface area contributed by atoms with Crippen molar-refractivity contribution in [3.63, 3.8) is 0 Å². The van der Waals surface area contributed by atoms with Crippen molar-refractivity contribution in [2.45, 2.75) is 20.4 Å². The maximum Gasteiger partial charge on any atom is 0.244 e. The van der Waals surface area contributed by atoms with Crippen LogP contribution in [0.3, 0.4) is 0 Å². The zero-order valence-corrected chi connectivity index (χ0v) is 16.4. The Kier molecular flexibility index (Phi) is 5.85. The maximum atomic E-state index is 12.5. The summed E-state index contributed by atoms with van der Waals surface area (Å²) in [4.78, 5) is 15.7. The van der Waals surface area contributed by atoms with Crippen molar-refractivity contribution in [2.75, 3.05) is 23.3 Å². The van der Waals surface area contributed by atoms with Gasteiger partial charge in [-0.05, 0) is 61.8 Å². The van der Waals surface area contributed by atoms with Crippen molar-refractivity contribution >= 4 is 40.8 Å². The molecule has 0 saturated heterocycles. The van der Waals surface area contributed by atoms with E-state index in [9.17, 15) is 4.79 Å². The molecule has 8 heteroatoms. The SMILES string of the molecule is CCN(CC)c1ccc(NC(=O)Cn2c(-c3cccs3)n[nH]c2=S)cc1. The third-order valence-electron chi connectivity index (χ3n) is 4.08. The molecule has 136 valence electrons. The molecular weight excluding hydrogens is 366 g/mol. The monoisotopic (exact) mass is 387 g/mol. The van der Waals surface area contributed by atoms with Crippen molar-refractivity contribution in [3.05, 3.63) is 46.5 Å². The standard InChI is InChI=1S/C18H21N5OS2/c1-3-22(4-2)14-9-7-13(8-10-14)19-16(24)12-23-17(20-21-18(23)25)15-6-5-11-26-15/h5-11H,3-4,12H2,1-2H3,(H,19,24)(H,21,25). The number of hydrogen-bond donors (Lipinski definition) is 2. The van der Waals surface area contributed by atoms with Gasteiger partial charge in [0, 0.05) is 24.5 Å². The summed E-state index contributed by atoms with van der Waals surface area (Å²) in [6.07, 6.45) is 0. The van der Waals surface area contributed by atoms with E-state index in [0.29, 0.717) is 10.6 Å². The Labute approximate surface area is 161 Å². The number of carbonyl (C=O) groups excluding carboxylic acids is 1. The van der Waals surface area contributed by atoms with Gasteiger partial charge in [-0.3, -0.25) is 14.5 Å². The molecule has 2 heterocycles. The molecule has 0 bridgehead atoms. The van der Waals surface area contributed by atoms with E-state index in [4.69, 9.17) is 12.2 Å². The van der Waals surface area contributed by atoms with Gasteiger partial charge in [0.25, 0.3) is 0 Å². The quantitative estimate of drug-likeness (QED) is 0.598. The number of nitrogens with one attached hydrogen (secondary N) is 2. The van der Waals surface area contributed by atoms with Gasteiger partial charge < -0.3 is 10.2 Å². The average Bonchev–Trinajstić information content (AvgIpc) is 3.28. The Morgan fingerprint density at radius 1 is 1.27 bits per heavy atom. The summed E-state index contributed by atoms with van der Waals surface area (Å²) in [6.45, 7) is 6.26. The highest BCUT2D eigenvalue weighted by Crippen LogP contribution is 2.23. The molecule has 3 aromatic rings. The summed E-state index contributed by atoms with van der Waals surface area (Å²) in [5.74, 6) is 0.535. The van der Waals surface area contributed by atoms with E-state index in [0.717, 1.165) is 29.3 Å². The Morgan fingerprint density at radius 2 is 2.00 bits per heavy atom. The second-order valence-electron chi connectivity index (χ2n) is 5.68. The van der Waals surface area contributed by atoms with Gasteiger partial charge in [-0.2, -0.15) is 5.10 Å². The molecule has 0 aliphatic carbocycles. The molecule has 0 radical (unpaired) electrons. The molecule has 2 aromatic heterocycles. The number of anilines is 2.